The summed E-state index contributed by atoms with van der Waals surface area (Å²) in [6.45, 7) is 4.38. The summed E-state index contributed by atoms with van der Waals surface area (Å²) in [7, 11) is 0. The van der Waals surface area contributed by atoms with Gasteiger partial charge in [-0.25, -0.2) is 0 Å². The van der Waals surface area contributed by atoms with Crippen molar-refractivity contribution in [1.82, 2.24) is 21.3 Å². The number of nitrogens with one attached hydrogen (secondary N) is 4. The number of alkyl halides is 6. The third kappa shape index (κ3) is 11.2. The van der Waals surface area contributed by atoms with Crippen molar-refractivity contribution in [2.24, 2.45) is 21.9 Å². The first-order valence-corrected chi connectivity index (χ1v) is 16.0. The van der Waals surface area contributed by atoms with Gasteiger partial charge in [0.2, 0.25) is 29.5 Å². The average Bonchev–Trinajstić information content (AvgIpc) is 3.87. The number of carbonyl (C=O) groups excluding carboxylic acids is 5. The number of carbonyl (C=O) groups is 5. The number of nitrogens with two attached hydrogens (primary N) is 1. The van der Waals surface area contributed by atoms with E-state index in [9.17, 15) is 55.4 Å². The van der Waals surface area contributed by atoms with Crippen molar-refractivity contribution >= 4 is 29.5 Å². The van der Waals surface area contributed by atoms with E-state index in [2.05, 4.69) is 26.2 Å². The molecule has 5 atom stereocenters. The van der Waals surface area contributed by atoms with Gasteiger partial charge >= 0.3 is 18.0 Å². The first-order chi connectivity index (χ1) is 24.1. The zero-order valence-corrected chi connectivity index (χ0v) is 28.2. The monoisotopic (exact) mass is 743 g/mol. The number of halogens is 6. The van der Waals surface area contributed by atoms with Crippen LogP contribution in [0, 0.1) is 5.92 Å². The standard InChI is InChI=1S/C33H39F6N7O6/c1-17(2)26(44-25(48)16-20-9-11-21(12-10-20)31(45-46-31)33(37,38)39)30(52)43-23(15-19-7-5-4-6-8-19)29(51)41-18(3)28(50)42-22(13-14-24(40)47)27(49)32(34,35)36/h4-12,17-18,22-23,26-27,49H,13-16H2,1-3H3,(H2,40,47)(H,41,51)(H,42,50)(H,43,52)(H,44,48)/t18-,22?,23-,26-,27?/m0/s1. The Hall–Kier alpha value is -5.07. The van der Waals surface area contributed by atoms with Gasteiger partial charge in [-0.2, -0.15) is 26.3 Å². The molecule has 0 radical (unpaired) electrons. The molecule has 7 N–H and O–H groups in total. The van der Waals surface area contributed by atoms with Crippen molar-refractivity contribution in [3.05, 3.63) is 71.3 Å². The smallest absolute Gasteiger partial charge is 0.382 e. The molecule has 2 aromatic carbocycles. The van der Waals surface area contributed by atoms with E-state index in [0.29, 0.717) is 11.1 Å². The maximum Gasteiger partial charge on any atom is 0.442 e. The molecule has 2 unspecified atom stereocenters. The van der Waals surface area contributed by atoms with Crippen molar-refractivity contribution in [2.75, 3.05) is 0 Å². The van der Waals surface area contributed by atoms with Gasteiger partial charge in [-0.1, -0.05) is 68.4 Å². The largest absolute Gasteiger partial charge is 0.442 e. The van der Waals surface area contributed by atoms with Crippen LogP contribution in [0.2, 0.25) is 0 Å². The molecule has 0 saturated heterocycles. The van der Waals surface area contributed by atoms with E-state index >= 15 is 0 Å². The van der Waals surface area contributed by atoms with E-state index in [4.69, 9.17) is 5.73 Å². The lowest BCUT2D eigenvalue weighted by Gasteiger charge is -2.28. The lowest BCUT2D eigenvalue weighted by Crippen LogP contribution is -2.59. The number of aliphatic hydroxyl groups excluding tert-OH is 1. The van der Waals surface area contributed by atoms with E-state index in [1.165, 1.54) is 12.1 Å². The van der Waals surface area contributed by atoms with Crippen LogP contribution in [0.3, 0.4) is 0 Å². The molecule has 0 aromatic heterocycles. The molecule has 19 heteroatoms. The minimum absolute atomic E-state index is 0.107. The number of aliphatic hydroxyl groups is 1. The lowest BCUT2D eigenvalue weighted by molar-refractivity contribution is -0.212. The number of hydrogen-bond donors (Lipinski definition) is 6. The SMILES string of the molecule is CC(C)[C@H](NC(=O)Cc1ccc(C2(C(F)(F)F)N=N2)cc1)C(=O)N[C@@H](Cc1ccccc1)C(=O)N[C@@H](C)C(=O)NC(CCC(N)=O)C(O)C(F)(F)F. The van der Waals surface area contributed by atoms with Crippen molar-refractivity contribution in [3.8, 4) is 0 Å². The average molecular weight is 744 g/mol. The molecule has 0 spiro atoms. The lowest BCUT2D eigenvalue weighted by atomic mass is 9.99. The highest BCUT2D eigenvalue weighted by Gasteiger charge is 2.65. The Kier molecular flexibility index (Phi) is 13.5. The molecule has 1 aliphatic rings. The Morgan fingerprint density at radius 2 is 1.38 bits per heavy atom. The Bertz CT molecular complexity index is 1610. The van der Waals surface area contributed by atoms with Crippen LogP contribution in [-0.2, 0) is 42.5 Å². The predicted molar refractivity (Wildman–Crippen MR) is 172 cm³/mol. The summed E-state index contributed by atoms with van der Waals surface area (Å²) in [6.07, 6.45) is -14.6. The molecule has 52 heavy (non-hydrogen) atoms. The van der Waals surface area contributed by atoms with Crippen LogP contribution in [0.25, 0.3) is 0 Å². The zero-order chi connectivity index (χ0) is 39.0. The van der Waals surface area contributed by atoms with Gasteiger partial charge in [-0.3, -0.25) is 24.0 Å². The van der Waals surface area contributed by atoms with Crippen LogP contribution in [0.5, 0.6) is 0 Å². The summed E-state index contributed by atoms with van der Waals surface area (Å²) in [5.74, 6) is -5.00. The molecule has 0 bridgehead atoms. The molecule has 2 aromatic rings. The highest BCUT2D eigenvalue weighted by atomic mass is 19.4. The van der Waals surface area contributed by atoms with Gasteiger partial charge < -0.3 is 32.1 Å². The fourth-order valence-electron chi connectivity index (χ4n) is 5.09. The van der Waals surface area contributed by atoms with E-state index in [-0.39, 0.29) is 18.4 Å². The molecule has 284 valence electrons. The first kappa shape index (κ1) is 41.4. The minimum atomic E-state index is -5.15. The van der Waals surface area contributed by atoms with Gasteiger partial charge in [-0.05, 0) is 30.4 Å². The normalized spacial score (nSPS) is 16.5. The zero-order valence-electron chi connectivity index (χ0n) is 28.2. The summed E-state index contributed by atoms with van der Waals surface area (Å²) in [5, 5.41) is 25.4. The number of rotatable bonds is 17. The van der Waals surface area contributed by atoms with Crippen LogP contribution >= 0.6 is 0 Å². The second-order valence-corrected chi connectivity index (χ2v) is 12.6. The minimum Gasteiger partial charge on any atom is -0.382 e. The van der Waals surface area contributed by atoms with Crippen LogP contribution < -0.4 is 27.0 Å². The molecular formula is C33H39F6N7O6. The fourth-order valence-corrected chi connectivity index (χ4v) is 5.09. The Labute approximate surface area is 294 Å². The Morgan fingerprint density at radius 3 is 1.88 bits per heavy atom. The molecule has 0 saturated carbocycles. The third-order valence-electron chi connectivity index (χ3n) is 8.10. The molecule has 3 rings (SSSR count). The highest BCUT2D eigenvalue weighted by molar-refractivity contribution is 5.94. The maximum absolute atomic E-state index is 13.5. The van der Waals surface area contributed by atoms with Crippen molar-refractivity contribution in [3.63, 3.8) is 0 Å². The molecule has 13 nitrogen and oxygen atoms in total. The second-order valence-electron chi connectivity index (χ2n) is 12.6. The van der Waals surface area contributed by atoms with Crippen molar-refractivity contribution < 1.29 is 55.4 Å². The summed E-state index contributed by atoms with van der Waals surface area (Å²) >= 11 is 0. The molecule has 1 aliphatic heterocycles. The van der Waals surface area contributed by atoms with Gasteiger partial charge in [0.1, 0.15) is 18.1 Å². The highest BCUT2D eigenvalue weighted by Crippen LogP contribution is 2.52. The number of hydrogen-bond acceptors (Lipinski definition) is 8. The van der Waals surface area contributed by atoms with Gasteiger partial charge in [0.15, 0.2) is 6.10 Å². The predicted octanol–water partition coefficient (Wildman–Crippen LogP) is 2.46. The number of nitrogens with zero attached hydrogens (tertiary/aromatic N) is 2. The Morgan fingerprint density at radius 1 is 0.788 bits per heavy atom. The quantitative estimate of drug-likeness (QED) is 0.134. The summed E-state index contributed by atoms with van der Waals surface area (Å²) < 4.78 is 79.6. The fraction of sp³-hybridized carbons (Fsp3) is 0.485. The topological polar surface area (TPSA) is 204 Å². The van der Waals surface area contributed by atoms with Gasteiger partial charge in [0.05, 0.1) is 12.5 Å². The van der Waals surface area contributed by atoms with Crippen LogP contribution in [0.1, 0.15) is 50.3 Å². The van der Waals surface area contributed by atoms with Gasteiger partial charge in [0.25, 0.3) is 0 Å². The maximum atomic E-state index is 13.5. The van der Waals surface area contributed by atoms with Crippen LogP contribution in [-0.4, -0.2) is 77.3 Å². The second kappa shape index (κ2) is 17.0. The van der Waals surface area contributed by atoms with E-state index in [1.54, 1.807) is 44.2 Å². The van der Waals surface area contributed by atoms with Crippen LogP contribution in [0.15, 0.2) is 64.8 Å². The molecule has 0 fully saturated rings. The van der Waals surface area contributed by atoms with E-state index < -0.39 is 96.6 Å². The number of benzene rings is 2. The number of primary amides is 1. The summed E-state index contributed by atoms with van der Waals surface area (Å²) in [5.41, 5.74) is 3.07. The molecule has 1 heterocycles. The number of amides is 5. The van der Waals surface area contributed by atoms with E-state index in [1.807, 2.05) is 5.32 Å². The molecule has 5 amide bonds. The third-order valence-corrected chi connectivity index (χ3v) is 8.10. The van der Waals surface area contributed by atoms with Crippen LogP contribution in [0.4, 0.5) is 26.3 Å². The molecular weight excluding hydrogens is 704 g/mol. The van der Waals surface area contributed by atoms with Crippen molar-refractivity contribution in [2.45, 2.75) is 94.7 Å². The van der Waals surface area contributed by atoms with Gasteiger partial charge in [-0.15, -0.1) is 10.2 Å². The molecule has 0 aliphatic carbocycles. The first-order valence-electron chi connectivity index (χ1n) is 16.0. The van der Waals surface area contributed by atoms with E-state index in [0.717, 1.165) is 19.1 Å². The van der Waals surface area contributed by atoms with Crippen molar-refractivity contribution in [1.29, 1.82) is 0 Å². The van der Waals surface area contributed by atoms with Gasteiger partial charge in [0, 0.05) is 18.4 Å². The summed E-state index contributed by atoms with van der Waals surface area (Å²) in [4.78, 5) is 63.9. The Balaban J connectivity index is 1.71. The summed E-state index contributed by atoms with van der Waals surface area (Å²) in [6, 6.07) is 7.24.